The maximum atomic E-state index is 13.2. The molecule has 2 aromatic heterocycles. The van der Waals surface area contributed by atoms with Crippen LogP contribution in [0.25, 0.3) is 16.5 Å². The van der Waals surface area contributed by atoms with E-state index in [1.54, 1.807) is 13.0 Å². The molecule has 0 atom stereocenters. The van der Waals surface area contributed by atoms with Crippen molar-refractivity contribution in [1.29, 1.82) is 0 Å². The third-order valence-electron chi connectivity index (χ3n) is 3.83. The number of esters is 1. The number of fused-ring (bicyclic) bond motifs is 1. The number of anilines is 1. The van der Waals surface area contributed by atoms with Crippen LogP contribution in [0.15, 0.2) is 32.8 Å². The van der Waals surface area contributed by atoms with E-state index in [0.29, 0.717) is 3.79 Å². The van der Waals surface area contributed by atoms with E-state index in [1.807, 2.05) is 0 Å². The molecule has 0 radical (unpaired) electrons. The van der Waals surface area contributed by atoms with Crippen LogP contribution in [0, 0.1) is 0 Å². The van der Waals surface area contributed by atoms with Crippen molar-refractivity contribution in [3.05, 3.63) is 49.7 Å². The van der Waals surface area contributed by atoms with Crippen LogP contribution < -0.4 is 10.9 Å². The van der Waals surface area contributed by atoms with Crippen molar-refractivity contribution in [2.45, 2.75) is 13.8 Å². The van der Waals surface area contributed by atoms with Crippen molar-refractivity contribution in [2.75, 3.05) is 11.9 Å². The van der Waals surface area contributed by atoms with Gasteiger partial charge in [0.2, 0.25) is 5.91 Å². The first-order valence-corrected chi connectivity index (χ1v) is 9.89. The zero-order valence-electron chi connectivity index (χ0n) is 15.2. The van der Waals surface area contributed by atoms with Gasteiger partial charge in [0.15, 0.2) is 5.69 Å². The number of para-hydroxylation sites is 1. The van der Waals surface area contributed by atoms with Gasteiger partial charge in [-0.05, 0) is 35.0 Å². The molecule has 11 heteroatoms. The summed E-state index contributed by atoms with van der Waals surface area (Å²) in [7, 11) is 0. The summed E-state index contributed by atoms with van der Waals surface area (Å²) in [6, 6.07) is 5.77. The van der Waals surface area contributed by atoms with Gasteiger partial charge >= 0.3 is 11.9 Å². The molecule has 0 aliphatic heterocycles. The van der Waals surface area contributed by atoms with Crippen LogP contribution in [-0.4, -0.2) is 39.3 Å². The molecule has 3 aromatic rings. The van der Waals surface area contributed by atoms with Crippen molar-refractivity contribution >= 4 is 60.9 Å². The number of ether oxygens (including phenoxy) is 1. The number of hydrogen-bond donors (Lipinski definition) is 2. The van der Waals surface area contributed by atoms with E-state index in [0.717, 1.165) is 16.0 Å². The maximum absolute atomic E-state index is 13.2. The number of hydrogen-bond acceptors (Lipinski definition) is 7. The minimum Gasteiger partial charge on any atom is -0.478 e. The summed E-state index contributed by atoms with van der Waals surface area (Å²) in [6.45, 7) is 2.98. The summed E-state index contributed by atoms with van der Waals surface area (Å²) in [4.78, 5) is 49.0. The predicted molar refractivity (Wildman–Crippen MR) is 110 cm³/mol. The quantitative estimate of drug-likeness (QED) is 0.538. The molecule has 0 fully saturated rings. The SMILES string of the molecule is CCOC(=O)c1nn(-c2ccccc2C(=O)O)c(=O)c2c(NC(C)=O)sc(Br)c12. The Morgan fingerprint density at radius 2 is 1.97 bits per heavy atom. The minimum absolute atomic E-state index is 0.0199. The highest BCUT2D eigenvalue weighted by molar-refractivity contribution is 9.11. The molecule has 0 saturated heterocycles. The van der Waals surface area contributed by atoms with E-state index < -0.39 is 23.4 Å². The lowest BCUT2D eigenvalue weighted by atomic mass is 10.1. The highest BCUT2D eigenvalue weighted by atomic mass is 79.9. The molecule has 29 heavy (non-hydrogen) atoms. The molecule has 0 spiro atoms. The number of aromatic carboxylic acids is 1. The number of aromatic nitrogens is 2. The molecule has 0 aliphatic carbocycles. The molecule has 150 valence electrons. The first-order valence-electron chi connectivity index (χ1n) is 8.29. The average Bonchev–Trinajstić information content (AvgIpc) is 2.98. The van der Waals surface area contributed by atoms with Crippen LogP contribution in [0.2, 0.25) is 0 Å². The number of benzene rings is 1. The Morgan fingerprint density at radius 3 is 2.59 bits per heavy atom. The molecule has 1 amide bonds. The summed E-state index contributed by atoms with van der Waals surface area (Å²) < 4.78 is 6.29. The van der Waals surface area contributed by atoms with Crippen LogP contribution in [-0.2, 0) is 9.53 Å². The predicted octanol–water partition coefficient (Wildman–Crippen LogP) is 3.04. The number of nitrogens with zero attached hydrogens (tertiary/aromatic N) is 2. The second-order valence-electron chi connectivity index (χ2n) is 5.74. The smallest absolute Gasteiger partial charge is 0.359 e. The Morgan fingerprint density at radius 1 is 1.28 bits per heavy atom. The van der Waals surface area contributed by atoms with E-state index >= 15 is 0 Å². The van der Waals surface area contributed by atoms with Crippen molar-refractivity contribution < 1.29 is 24.2 Å². The Balaban J connectivity index is 2.45. The molecule has 0 unspecified atom stereocenters. The molecule has 3 rings (SSSR count). The Bertz CT molecular complexity index is 1220. The van der Waals surface area contributed by atoms with Crippen LogP contribution in [0.1, 0.15) is 34.7 Å². The van der Waals surface area contributed by atoms with Crippen LogP contribution in [0.4, 0.5) is 5.00 Å². The molecule has 0 saturated carbocycles. The van der Waals surface area contributed by atoms with Crippen molar-refractivity contribution in [3.8, 4) is 5.69 Å². The van der Waals surface area contributed by atoms with Gasteiger partial charge in [-0.3, -0.25) is 9.59 Å². The summed E-state index contributed by atoms with van der Waals surface area (Å²) in [5.41, 5.74) is -1.06. The topological polar surface area (TPSA) is 128 Å². The van der Waals surface area contributed by atoms with Crippen molar-refractivity contribution in [3.63, 3.8) is 0 Å². The number of rotatable bonds is 5. The average molecular weight is 480 g/mol. The third kappa shape index (κ3) is 3.78. The normalized spacial score (nSPS) is 10.7. The fourth-order valence-electron chi connectivity index (χ4n) is 2.71. The van der Waals surface area contributed by atoms with Gasteiger partial charge in [-0.25, -0.2) is 9.59 Å². The van der Waals surface area contributed by atoms with E-state index in [9.17, 15) is 24.3 Å². The van der Waals surface area contributed by atoms with Gasteiger partial charge in [0.05, 0.1) is 27.0 Å². The van der Waals surface area contributed by atoms with Crippen molar-refractivity contribution in [2.24, 2.45) is 0 Å². The van der Waals surface area contributed by atoms with E-state index in [2.05, 4.69) is 26.3 Å². The molecular weight excluding hydrogens is 466 g/mol. The van der Waals surface area contributed by atoms with Crippen LogP contribution in [0.5, 0.6) is 0 Å². The first kappa shape index (κ1) is 20.7. The first-order chi connectivity index (χ1) is 13.8. The van der Waals surface area contributed by atoms with Crippen molar-refractivity contribution in [1.82, 2.24) is 9.78 Å². The maximum Gasteiger partial charge on any atom is 0.359 e. The number of nitrogens with one attached hydrogen (secondary N) is 1. The number of halogens is 1. The fourth-order valence-corrected chi connectivity index (χ4v) is 4.55. The molecule has 2 N–H and O–H groups in total. The number of carboxylic acids is 1. The second kappa shape index (κ2) is 8.13. The Hall–Kier alpha value is -3.05. The Labute approximate surface area is 176 Å². The molecule has 1 aromatic carbocycles. The lowest BCUT2D eigenvalue weighted by Gasteiger charge is -2.11. The summed E-state index contributed by atoms with van der Waals surface area (Å²) >= 11 is 4.35. The monoisotopic (exact) mass is 479 g/mol. The summed E-state index contributed by atoms with van der Waals surface area (Å²) in [6.07, 6.45) is 0. The lowest BCUT2D eigenvalue weighted by molar-refractivity contribution is -0.114. The van der Waals surface area contributed by atoms with E-state index in [-0.39, 0.29) is 39.3 Å². The summed E-state index contributed by atoms with van der Waals surface area (Å²) in [5, 5.41) is 16.6. The summed E-state index contributed by atoms with van der Waals surface area (Å²) in [5.74, 6) is -2.46. The molecule has 0 aliphatic rings. The highest BCUT2D eigenvalue weighted by Gasteiger charge is 2.26. The molecule has 9 nitrogen and oxygen atoms in total. The lowest BCUT2D eigenvalue weighted by Crippen LogP contribution is -2.27. The van der Waals surface area contributed by atoms with Gasteiger partial charge in [-0.1, -0.05) is 12.1 Å². The third-order valence-corrected chi connectivity index (χ3v) is 5.61. The van der Waals surface area contributed by atoms with Crippen LogP contribution >= 0.6 is 27.3 Å². The number of amides is 1. The van der Waals surface area contributed by atoms with E-state index in [4.69, 9.17) is 4.74 Å². The van der Waals surface area contributed by atoms with Gasteiger partial charge < -0.3 is 15.2 Å². The molecule has 2 heterocycles. The van der Waals surface area contributed by atoms with Crippen LogP contribution in [0.3, 0.4) is 0 Å². The van der Waals surface area contributed by atoms with Gasteiger partial charge in [0.1, 0.15) is 5.00 Å². The zero-order valence-corrected chi connectivity index (χ0v) is 17.6. The van der Waals surface area contributed by atoms with E-state index in [1.165, 1.54) is 25.1 Å². The van der Waals surface area contributed by atoms with Gasteiger partial charge in [-0.15, -0.1) is 11.3 Å². The number of thiophene rings is 1. The second-order valence-corrected chi connectivity index (χ2v) is 8.08. The number of carbonyl (C=O) groups excluding carboxylic acids is 2. The molecule has 0 bridgehead atoms. The zero-order chi connectivity index (χ0) is 21.3. The van der Waals surface area contributed by atoms with Gasteiger partial charge in [0, 0.05) is 12.3 Å². The fraction of sp³-hybridized carbons (Fsp3) is 0.167. The number of carbonyl (C=O) groups is 3. The largest absolute Gasteiger partial charge is 0.478 e. The minimum atomic E-state index is -1.26. The number of carboxylic acid groups (broad SMARTS) is 1. The standard InChI is InChI=1S/C18H14BrN3O6S/c1-3-28-18(27)13-11-12(15(20-8(2)23)29-14(11)19)16(24)22(21-13)10-7-5-4-6-9(10)17(25)26/h4-7H,3H2,1-2H3,(H,20,23)(H,25,26). The Kier molecular flexibility index (Phi) is 5.80. The molecular formula is C18H14BrN3O6S. The highest BCUT2D eigenvalue weighted by Crippen LogP contribution is 2.39. The van der Waals surface area contributed by atoms with Gasteiger partial charge in [-0.2, -0.15) is 9.78 Å². The van der Waals surface area contributed by atoms with Gasteiger partial charge in [0.25, 0.3) is 5.56 Å².